The first-order valence-corrected chi connectivity index (χ1v) is 8.22. The van der Waals surface area contributed by atoms with E-state index in [0.717, 1.165) is 5.56 Å². The number of pyridine rings is 1. The smallest absolute Gasteiger partial charge is 0.338 e. The van der Waals surface area contributed by atoms with Crippen LogP contribution in [0.3, 0.4) is 0 Å². The van der Waals surface area contributed by atoms with Crippen LogP contribution in [0.5, 0.6) is 0 Å². The Morgan fingerprint density at radius 3 is 2.92 bits per heavy atom. The third-order valence-corrected chi connectivity index (χ3v) is 4.59. The normalized spacial score (nSPS) is 13.9. The van der Waals surface area contributed by atoms with Crippen molar-refractivity contribution < 1.29 is 9.18 Å². The lowest BCUT2D eigenvalue weighted by molar-refractivity contribution is -0.132. The summed E-state index contributed by atoms with van der Waals surface area (Å²) in [6.45, 7) is 1.05. The zero-order chi connectivity index (χ0) is 17.4. The highest BCUT2D eigenvalue weighted by molar-refractivity contribution is 5.76. The molecule has 0 bridgehead atoms. The molecule has 0 unspecified atom stereocenters. The third-order valence-electron chi connectivity index (χ3n) is 4.59. The van der Waals surface area contributed by atoms with Gasteiger partial charge < -0.3 is 4.90 Å². The van der Waals surface area contributed by atoms with Gasteiger partial charge in [0.15, 0.2) is 5.65 Å². The molecule has 0 radical (unpaired) electrons. The molecule has 0 N–H and O–H groups in total. The molecule has 25 heavy (non-hydrogen) atoms. The van der Waals surface area contributed by atoms with E-state index < -0.39 is 0 Å². The van der Waals surface area contributed by atoms with Gasteiger partial charge in [0.25, 0.3) is 0 Å². The number of amides is 1. The van der Waals surface area contributed by atoms with Crippen LogP contribution in [0.4, 0.5) is 4.39 Å². The first-order valence-electron chi connectivity index (χ1n) is 8.22. The molecule has 2 aromatic heterocycles. The maximum Gasteiger partial charge on any atom is 0.350 e. The second-order valence-corrected chi connectivity index (χ2v) is 6.13. The van der Waals surface area contributed by atoms with Crippen molar-refractivity contribution in [3.8, 4) is 0 Å². The van der Waals surface area contributed by atoms with Crippen LogP contribution >= 0.6 is 0 Å². The summed E-state index contributed by atoms with van der Waals surface area (Å²) >= 11 is 0. The third kappa shape index (κ3) is 2.82. The molecule has 6 nitrogen and oxygen atoms in total. The molecule has 128 valence electrons. The standard InChI is InChI=1S/C18H17FN4O2/c19-15-5-3-4-13-7-10-21(12-14(13)15)17(24)8-11-23-18(25)22-9-2-1-6-16(22)20-23/h1-6,9H,7-8,10-12H2. The quantitative estimate of drug-likeness (QED) is 0.728. The zero-order valence-corrected chi connectivity index (χ0v) is 13.6. The Labute approximate surface area is 143 Å². The van der Waals surface area contributed by atoms with Crippen molar-refractivity contribution >= 4 is 11.6 Å². The highest BCUT2D eigenvalue weighted by atomic mass is 19.1. The van der Waals surface area contributed by atoms with Crippen LogP contribution in [-0.2, 0) is 24.3 Å². The van der Waals surface area contributed by atoms with Crippen molar-refractivity contribution in [2.75, 3.05) is 6.54 Å². The van der Waals surface area contributed by atoms with Crippen LogP contribution in [0, 0.1) is 5.82 Å². The van der Waals surface area contributed by atoms with E-state index in [1.165, 1.54) is 15.1 Å². The Bertz CT molecular complexity index is 1010. The number of fused-ring (bicyclic) bond motifs is 2. The van der Waals surface area contributed by atoms with Gasteiger partial charge >= 0.3 is 5.69 Å². The Morgan fingerprint density at radius 1 is 1.20 bits per heavy atom. The maximum atomic E-state index is 13.9. The minimum atomic E-state index is -0.272. The van der Waals surface area contributed by atoms with Gasteiger partial charge in [0.2, 0.25) is 5.91 Å². The number of aromatic nitrogens is 3. The number of aryl methyl sites for hydroxylation is 1. The predicted molar refractivity (Wildman–Crippen MR) is 89.6 cm³/mol. The van der Waals surface area contributed by atoms with Gasteiger partial charge in [-0.1, -0.05) is 18.2 Å². The highest BCUT2D eigenvalue weighted by Crippen LogP contribution is 2.22. The van der Waals surface area contributed by atoms with Gasteiger partial charge in [0.1, 0.15) is 5.82 Å². The lowest BCUT2D eigenvalue weighted by atomic mass is 9.99. The van der Waals surface area contributed by atoms with E-state index in [2.05, 4.69) is 5.10 Å². The Kier molecular flexibility index (Phi) is 3.83. The van der Waals surface area contributed by atoms with E-state index in [1.807, 2.05) is 6.07 Å². The molecule has 3 aromatic rings. The second-order valence-electron chi connectivity index (χ2n) is 6.13. The molecule has 3 heterocycles. The van der Waals surface area contributed by atoms with Gasteiger partial charge in [-0.15, -0.1) is 5.10 Å². The molecule has 0 aliphatic carbocycles. The minimum absolute atomic E-state index is 0.0992. The lowest BCUT2D eigenvalue weighted by Gasteiger charge is -2.29. The Balaban J connectivity index is 1.47. The van der Waals surface area contributed by atoms with Crippen LogP contribution < -0.4 is 5.69 Å². The van der Waals surface area contributed by atoms with Crippen LogP contribution in [0.1, 0.15) is 17.5 Å². The van der Waals surface area contributed by atoms with E-state index in [4.69, 9.17) is 0 Å². The number of hydrogen-bond donors (Lipinski definition) is 0. The van der Waals surface area contributed by atoms with Crippen molar-refractivity contribution in [3.63, 3.8) is 0 Å². The molecule has 0 saturated heterocycles. The summed E-state index contributed by atoms with van der Waals surface area (Å²) in [5, 5.41) is 4.22. The number of benzene rings is 1. The number of halogens is 1. The number of carbonyl (C=O) groups is 1. The number of carbonyl (C=O) groups excluding carboxylic acids is 1. The van der Waals surface area contributed by atoms with Crippen LogP contribution in [0.15, 0.2) is 47.4 Å². The number of nitrogens with zero attached hydrogens (tertiary/aromatic N) is 4. The fourth-order valence-corrected chi connectivity index (χ4v) is 3.23. The molecule has 0 atom stereocenters. The van der Waals surface area contributed by atoms with E-state index in [0.29, 0.717) is 24.2 Å². The zero-order valence-electron chi connectivity index (χ0n) is 13.6. The van der Waals surface area contributed by atoms with E-state index in [9.17, 15) is 14.0 Å². The molecule has 1 aromatic carbocycles. The van der Waals surface area contributed by atoms with E-state index in [-0.39, 0.29) is 36.9 Å². The first kappa shape index (κ1) is 15.6. The fourth-order valence-electron chi connectivity index (χ4n) is 3.23. The van der Waals surface area contributed by atoms with Crippen LogP contribution in [0.2, 0.25) is 0 Å². The molecule has 1 aliphatic heterocycles. The second kappa shape index (κ2) is 6.16. The highest BCUT2D eigenvalue weighted by Gasteiger charge is 2.23. The minimum Gasteiger partial charge on any atom is -0.338 e. The summed E-state index contributed by atoms with van der Waals surface area (Å²) < 4.78 is 16.7. The molecule has 0 fully saturated rings. The van der Waals surface area contributed by atoms with Crippen molar-refractivity contribution in [1.82, 2.24) is 19.1 Å². The SMILES string of the molecule is O=C(CCn1nc2ccccn2c1=O)N1CCc2cccc(F)c2C1. The van der Waals surface area contributed by atoms with Crippen molar-refractivity contribution in [2.45, 2.75) is 25.9 Å². The molecule has 1 amide bonds. The topological polar surface area (TPSA) is 59.6 Å². The number of rotatable bonds is 3. The molecule has 1 aliphatic rings. The molecule has 0 spiro atoms. The van der Waals surface area contributed by atoms with Crippen molar-refractivity contribution in [3.05, 3.63) is 70.0 Å². The van der Waals surface area contributed by atoms with Crippen LogP contribution in [0.25, 0.3) is 5.65 Å². The molecule has 0 saturated carbocycles. The fraction of sp³-hybridized carbons (Fsp3) is 0.278. The number of hydrogen-bond acceptors (Lipinski definition) is 3. The van der Waals surface area contributed by atoms with Crippen molar-refractivity contribution in [1.29, 1.82) is 0 Å². The summed E-state index contributed by atoms with van der Waals surface area (Å²) in [6.07, 6.45) is 2.45. The van der Waals surface area contributed by atoms with Gasteiger partial charge in [-0.3, -0.25) is 9.20 Å². The van der Waals surface area contributed by atoms with Gasteiger partial charge in [-0.05, 0) is 30.2 Å². The van der Waals surface area contributed by atoms with E-state index in [1.54, 1.807) is 35.4 Å². The van der Waals surface area contributed by atoms with Gasteiger partial charge in [0, 0.05) is 31.3 Å². The average Bonchev–Trinajstić information content (AvgIpc) is 2.96. The van der Waals surface area contributed by atoms with E-state index >= 15 is 0 Å². The monoisotopic (exact) mass is 340 g/mol. The Hall–Kier alpha value is -2.96. The molecule has 7 heteroatoms. The summed E-state index contributed by atoms with van der Waals surface area (Å²) in [5.74, 6) is -0.371. The summed E-state index contributed by atoms with van der Waals surface area (Å²) in [4.78, 5) is 26.3. The average molecular weight is 340 g/mol. The van der Waals surface area contributed by atoms with Crippen LogP contribution in [-0.4, -0.2) is 31.5 Å². The lowest BCUT2D eigenvalue weighted by Crippen LogP contribution is -2.37. The van der Waals surface area contributed by atoms with Crippen molar-refractivity contribution in [2.24, 2.45) is 0 Å². The Morgan fingerprint density at radius 2 is 2.08 bits per heavy atom. The van der Waals surface area contributed by atoms with Gasteiger partial charge in [-0.25, -0.2) is 13.9 Å². The predicted octanol–water partition coefficient (Wildman–Crippen LogP) is 1.61. The summed E-state index contributed by atoms with van der Waals surface area (Å²) in [7, 11) is 0. The summed E-state index contributed by atoms with van der Waals surface area (Å²) in [6, 6.07) is 10.3. The largest absolute Gasteiger partial charge is 0.350 e. The molecular formula is C18H17FN4O2. The molecular weight excluding hydrogens is 323 g/mol. The molecule has 4 rings (SSSR count). The first-order chi connectivity index (χ1) is 12.1. The maximum absolute atomic E-state index is 13.9. The van der Waals surface area contributed by atoms with Gasteiger partial charge in [-0.2, -0.15) is 0 Å². The van der Waals surface area contributed by atoms with Gasteiger partial charge in [0.05, 0.1) is 6.54 Å². The summed E-state index contributed by atoms with van der Waals surface area (Å²) in [5.41, 5.74) is 1.83.